The molecular weight excluding hydrogens is 308 g/mol. The number of aromatic nitrogens is 1. The number of benzene rings is 1. The summed E-state index contributed by atoms with van der Waals surface area (Å²) in [4.78, 5) is 7.79. The number of aromatic amines is 1. The van der Waals surface area contributed by atoms with E-state index in [9.17, 15) is 0 Å². The van der Waals surface area contributed by atoms with Crippen LogP contribution in [0.4, 0.5) is 0 Å². The first-order chi connectivity index (χ1) is 11.9. The van der Waals surface area contributed by atoms with E-state index in [1.165, 1.54) is 11.3 Å². The molecular formula is C21H30N4. The van der Waals surface area contributed by atoms with Crippen LogP contribution >= 0.6 is 0 Å². The minimum Gasteiger partial charge on any atom is -0.361 e. The van der Waals surface area contributed by atoms with E-state index in [1.807, 2.05) is 20.2 Å². The van der Waals surface area contributed by atoms with E-state index in [1.54, 1.807) is 0 Å². The molecule has 4 heteroatoms. The Morgan fingerprint density at radius 1 is 1.00 bits per heavy atom. The first-order valence-electron chi connectivity index (χ1n) is 8.52. The predicted octanol–water partition coefficient (Wildman–Crippen LogP) is 3.39. The molecule has 0 saturated carbocycles. The normalized spacial score (nSPS) is 12.4. The molecule has 0 fully saturated rings. The highest BCUT2D eigenvalue weighted by Crippen LogP contribution is 2.29. The predicted molar refractivity (Wildman–Crippen MR) is 106 cm³/mol. The molecule has 2 aromatic rings. The van der Waals surface area contributed by atoms with E-state index in [2.05, 4.69) is 83.8 Å². The van der Waals surface area contributed by atoms with Crippen LogP contribution in [0.15, 0.2) is 67.0 Å². The molecule has 0 spiro atoms. The van der Waals surface area contributed by atoms with Gasteiger partial charge in [0.2, 0.25) is 0 Å². The van der Waals surface area contributed by atoms with Crippen molar-refractivity contribution in [1.29, 1.82) is 0 Å². The van der Waals surface area contributed by atoms with Crippen LogP contribution in [0.3, 0.4) is 0 Å². The zero-order valence-electron chi connectivity index (χ0n) is 15.8. The van der Waals surface area contributed by atoms with E-state index in [4.69, 9.17) is 0 Å². The quantitative estimate of drug-likeness (QED) is 0.735. The smallest absolute Gasteiger partial charge is 0.0635 e. The SMILES string of the molecule is C=C(CN(C)C)NC(=C)C(c1ccccc1)c1ccc(CN(C)C)[nH]1. The van der Waals surface area contributed by atoms with Gasteiger partial charge >= 0.3 is 0 Å². The van der Waals surface area contributed by atoms with Crippen LogP contribution in [0.25, 0.3) is 0 Å². The number of hydrogen-bond acceptors (Lipinski definition) is 3. The minimum absolute atomic E-state index is 0.0519. The molecule has 0 saturated heterocycles. The van der Waals surface area contributed by atoms with Gasteiger partial charge < -0.3 is 20.1 Å². The van der Waals surface area contributed by atoms with Gasteiger partial charge in [0, 0.05) is 35.9 Å². The highest BCUT2D eigenvalue weighted by atomic mass is 15.1. The third-order valence-electron chi connectivity index (χ3n) is 3.89. The molecule has 2 N–H and O–H groups in total. The monoisotopic (exact) mass is 338 g/mol. The van der Waals surface area contributed by atoms with Crippen molar-refractivity contribution < 1.29 is 0 Å². The van der Waals surface area contributed by atoms with E-state index in [-0.39, 0.29) is 5.92 Å². The van der Waals surface area contributed by atoms with Crippen molar-refractivity contribution in [2.24, 2.45) is 0 Å². The Kier molecular flexibility index (Phi) is 6.62. The van der Waals surface area contributed by atoms with E-state index >= 15 is 0 Å². The molecule has 1 aromatic carbocycles. The molecule has 25 heavy (non-hydrogen) atoms. The number of H-pyrrole nitrogens is 1. The largest absolute Gasteiger partial charge is 0.361 e. The van der Waals surface area contributed by atoms with E-state index in [0.29, 0.717) is 0 Å². The van der Waals surface area contributed by atoms with Crippen molar-refractivity contribution in [2.75, 3.05) is 34.7 Å². The fourth-order valence-electron chi connectivity index (χ4n) is 2.99. The summed E-state index contributed by atoms with van der Waals surface area (Å²) in [5.74, 6) is 0.0519. The van der Waals surface area contributed by atoms with Crippen molar-refractivity contribution >= 4 is 0 Å². The number of nitrogens with zero attached hydrogens (tertiary/aromatic N) is 2. The average molecular weight is 338 g/mol. The molecule has 134 valence electrons. The molecule has 1 aromatic heterocycles. The van der Waals surface area contributed by atoms with Crippen LogP contribution in [-0.4, -0.2) is 49.5 Å². The number of rotatable bonds is 9. The first kappa shape index (κ1) is 19.0. The van der Waals surface area contributed by atoms with Gasteiger partial charge in [-0.3, -0.25) is 0 Å². The lowest BCUT2D eigenvalue weighted by Gasteiger charge is -2.23. The Bertz CT molecular complexity index is 698. The fourth-order valence-corrected chi connectivity index (χ4v) is 2.99. The summed E-state index contributed by atoms with van der Waals surface area (Å²) in [5, 5.41) is 3.40. The number of allylic oxidation sites excluding steroid dienone is 1. The zero-order valence-corrected chi connectivity index (χ0v) is 15.8. The molecule has 1 atom stereocenters. The third kappa shape index (κ3) is 5.62. The van der Waals surface area contributed by atoms with Crippen molar-refractivity contribution in [3.05, 3.63) is 84.0 Å². The molecule has 1 heterocycles. The average Bonchev–Trinajstić information content (AvgIpc) is 2.94. The lowest BCUT2D eigenvalue weighted by Crippen LogP contribution is -2.26. The van der Waals surface area contributed by atoms with Gasteiger partial charge in [-0.05, 0) is 45.9 Å². The van der Waals surface area contributed by atoms with E-state index < -0.39 is 0 Å². The number of nitrogens with one attached hydrogen (secondary N) is 2. The third-order valence-corrected chi connectivity index (χ3v) is 3.89. The van der Waals surface area contributed by atoms with E-state index in [0.717, 1.165) is 30.2 Å². The maximum atomic E-state index is 4.30. The first-order valence-corrected chi connectivity index (χ1v) is 8.52. The summed E-state index contributed by atoms with van der Waals surface area (Å²) in [6.07, 6.45) is 0. The highest BCUT2D eigenvalue weighted by Gasteiger charge is 2.20. The molecule has 0 aliphatic rings. The second kappa shape index (κ2) is 8.70. The Morgan fingerprint density at radius 2 is 1.68 bits per heavy atom. The van der Waals surface area contributed by atoms with Gasteiger partial charge in [0.1, 0.15) is 0 Å². The van der Waals surface area contributed by atoms with Crippen LogP contribution in [0, 0.1) is 0 Å². The van der Waals surface area contributed by atoms with Gasteiger partial charge in [0.15, 0.2) is 0 Å². The summed E-state index contributed by atoms with van der Waals surface area (Å²) >= 11 is 0. The van der Waals surface area contributed by atoms with Crippen LogP contribution < -0.4 is 5.32 Å². The van der Waals surface area contributed by atoms with Gasteiger partial charge in [-0.15, -0.1) is 0 Å². The maximum Gasteiger partial charge on any atom is 0.0635 e. The van der Waals surface area contributed by atoms with Gasteiger partial charge in [-0.1, -0.05) is 43.5 Å². The van der Waals surface area contributed by atoms with Crippen LogP contribution in [-0.2, 0) is 6.54 Å². The van der Waals surface area contributed by atoms with Crippen molar-refractivity contribution in [3.8, 4) is 0 Å². The minimum atomic E-state index is 0.0519. The summed E-state index contributed by atoms with van der Waals surface area (Å²) in [5.41, 5.74) is 5.40. The number of hydrogen-bond donors (Lipinski definition) is 2. The van der Waals surface area contributed by atoms with Crippen LogP contribution in [0.1, 0.15) is 22.9 Å². The second-order valence-corrected chi connectivity index (χ2v) is 7.01. The van der Waals surface area contributed by atoms with Crippen LogP contribution in [0.5, 0.6) is 0 Å². The molecule has 4 nitrogen and oxygen atoms in total. The summed E-state index contributed by atoms with van der Waals surface area (Å²) < 4.78 is 0. The van der Waals surface area contributed by atoms with Gasteiger partial charge in [-0.25, -0.2) is 0 Å². The highest BCUT2D eigenvalue weighted by molar-refractivity contribution is 5.38. The standard InChI is InChI=1S/C21H30N4/c1-16(14-24(3)4)22-17(2)21(18-10-8-7-9-11-18)20-13-12-19(23-20)15-25(5)6/h7-13,21-23H,1-2,14-15H2,3-6H3. The topological polar surface area (TPSA) is 34.3 Å². The Morgan fingerprint density at radius 3 is 2.28 bits per heavy atom. The van der Waals surface area contributed by atoms with Crippen molar-refractivity contribution in [1.82, 2.24) is 20.1 Å². The molecule has 1 unspecified atom stereocenters. The van der Waals surface area contributed by atoms with Crippen molar-refractivity contribution in [3.63, 3.8) is 0 Å². The van der Waals surface area contributed by atoms with Gasteiger partial charge in [0.05, 0.1) is 5.92 Å². The lowest BCUT2D eigenvalue weighted by atomic mass is 9.93. The lowest BCUT2D eigenvalue weighted by molar-refractivity contribution is 0.397. The number of likely N-dealkylation sites (N-methyl/N-ethyl adjacent to an activating group) is 1. The fraction of sp³-hybridized carbons (Fsp3) is 0.333. The summed E-state index contributed by atoms with van der Waals surface area (Å²) in [7, 11) is 8.20. The Hall–Kier alpha value is -2.30. The second-order valence-electron chi connectivity index (χ2n) is 7.01. The zero-order chi connectivity index (χ0) is 18.4. The summed E-state index contributed by atoms with van der Waals surface area (Å²) in [6.45, 7) is 10.1. The maximum absolute atomic E-state index is 4.30. The molecule has 0 radical (unpaired) electrons. The summed E-state index contributed by atoms with van der Waals surface area (Å²) in [6, 6.07) is 14.7. The molecule has 0 aliphatic carbocycles. The Balaban J connectivity index is 2.26. The van der Waals surface area contributed by atoms with Gasteiger partial charge in [0.25, 0.3) is 0 Å². The van der Waals surface area contributed by atoms with Crippen molar-refractivity contribution in [2.45, 2.75) is 12.5 Å². The van der Waals surface area contributed by atoms with Crippen LogP contribution in [0.2, 0.25) is 0 Å². The van der Waals surface area contributed by atoms with Gasteiger partial charge in [-0.2, -0.15) is 0 Å². The molecule has 0 amide bonds. The Labute approximate surface area is 151 Å². The molecule has 0 bridgehead atoms. The molecule has 0 aliphatic heterocycles. The molecule has 2 rings (SSSR count).